The number of thioether (sulfide) groups is 1. The number of methoxy groups -OCH3 is 1. The van der Waals surface area contributed by atoms with E-state index in [0.29, 0.717) is 5.92 Å². The molecule has 0 N–H and O–H groups in total. The summed E-state index contributed by atoms with van der Waals surface area (Å²) in [5.41, 5.74) is 2.44. The van der Waals surface area contributed by atoms with E-state index in [0.717, 1.165) is 64.7 Å². The van der Waals surface area contributed by atoms with Crippen molar-refractivity contribution in [2.45, 2.75) is 65.0 Å². The summed E-state index contributed by atoms with van der Waals surface area (Å²) in [6.07, 6.45) is 5.40. The van der Waals surface area contributed by atoms with Gasteiger partial charge in [0.1, 0.15) is 10.6 Å². The van der Waals surface area contributed by atoms with Crippen molar-refractivity contribution < 1.29 is 4.74 Å². The van der Waals surface area contributed by atoms with Crippen LogP contribution in [-0.2, 0) is 12.8 Å². The first-order chi connectivity index (χ1) is 14.8. The van der Waals surface area contributed by atoms with Gasteiger partial charge in [-0.25, -0.2) is 4.98 Å². The molecule has 0 radical (unpaired) electrons. The van der Waals surface area contributed by atoms with Gasteiger partial charge in [-0.3, -0.25) is 9.36 Å². The predicted molar refractivity (Wildman–Crippen MR) is 132 cm³/mol. The zero-order chi connectivity index (χ0) is 22.2. The van der Waals surface area contributed by atoms with E-state index in [9.17, 15) is 4.79 Å². The number of hydrogen-bond donors (Lipinski definition) is 0. The van der Waals surface area contributed by atoms with Crippen molar-refractivity contribution in [3.8, 4) is 11.4 Å². The Kier molecular flexibility index (Phi) is 6.50. The molecule has 2 heterocycles. The number of hydrogen-bond acceptors (Lipinski definition) is 5. The van der Waals surface area contributed by atoms with E-state index in [1.165, 1.54) is 10.4 Å². The van der Waals surface area contributed by atoms with Gasteiger partial charge in [-0.15, -0.1) is 11.3 Å². The molecule has 31 heavy (non-hydrogen) atoms. The third-order valence-corrected chi connectivity index (χ3v) is 8.51. The average molecular weight is 457 g/mol. The van der Waals surface area contributed by atoms with Crippen LogP contribution >= 0.6 is 23.1 Å². The van der Waals surface area contributed by atoms with Gasteiger partial charge < -0.3 is 4.74 Å². The summed E-state index contributed by atoms with van der Waals surface area (Å²) in [7, 11) is 1.66. The lowest BCUT2D eigenvalue weighted by atomic mass is 9.72. The van der Waals surface area contributed by atoms with E-state index in [2.05, 4.69) is 27.7 Å². The van der Waals surface area contributed by atoms with Crippen LogP contribution in [0.1, 0.15) is 57.4 Å². The van der Waals surface area contributed by atoms with Crippen molar-refractivity contribution in [3.05, 3.63) is 45.1 Å². The highest BCUT2D eigenvalue weighted by atomic mass is 32.2. The monoisotopic (exact) mass is 456 g/mol. The van der Waals surface area contributed by atoms with Crippen LogP contribution in [0.4, 0.5) is 0 Å². The van der Waals surface area contributed by atoms with Crippen LogP contribution in [0.5, 0.6) is 5.75 Å². The molecule has 0 spiro atoms. The fourth-order valence-corrected chi connectivity index (χ4v) is 6.75. The maximum atomic E-state index is 13.8. The standard InChI is InChI=1S/C25H32N2O2S2/c1-6-7-14-30-24-26-22-21(19-13-8-16(25(2,3)4)15-20(19)31-22)23(28)27(24)17-9-11-18(29-5)12-10-17/h9-12,16H,6-8,13-15H2,1-5H3/t16-/m1/s1. The topological polar surface area (TPSA) is 44.1 Å². The highest BCUT2D eigenvalue weighted by molar-refractivity contribution is 7.99. The van der Waals surface area contributed by atoms with E-state index in [1.54, 1.807) is 30.2 Å². The molecule has 1 aromatic carbocycles. The molecule has 0 saturated carbocycles. The number of benzene rings is 1. The molecular weight excluding hydrogens is 424 g/mol. The van der Waals surface area contributed by atoms with Crippen LogP contribution in [0.2, 0.25) is 0 Å². The lowest BCUT2D eigenvalue weighted by Crippen LogP contribution is -2.27. The van der Waals surface area contributed by atoms with E-state index >= 15 is 0 Å². The molecule has 3 aromatic rings. The zero-order valence-electron chi connectivity index (χ0n) is 19.2. The Morgan fingerprint density at radius 1 is 1.26 bits per heavy atom. The molecule has 166 valence electrons. The molecule has 6 heteroatoms. The number of aryl methyl sites for hydroxylation is 1. The molecular formula is C25H32N2O2S2. The summed E-state index contributed by atoms with van der Waals surface area (Å²) < 4.78 is 7.12. The van der Waals surface area contributed by atoms with Crippen molar-refractivity contribution in [2.24, 2.45) is 11.3 Å². The van der Waals surface area contributed by atoms with Gasteiger partial charge >= 0.3 is 0 Å². The van der Waals surface area contributed by atoms with E-state index < -0.39 is 0 Å². The Labute approximate surface area is 193 Å². The SMILES string of the molecule is CCCCSc1nc2sc3c(c2c(=O)n1-c1ccc(OC)cc1)CC[C@@H](C(C)(C)C)C3. The van der Waals surface area contributed by atoms with Crippen LogP contribution in [0, 0.1) is 11.3 Å². The van der Waals surface area contributed by atoms with Gasteiger partial charge in [0.25, 0.3) is 5.56 Å². The van der Waals surface area contributed by atoms with Gasteiger partial charge in [0.2, 0.25) is 0 Å². The maximum Gasteiger partial charge on any atom is 0.267 e. The summed E-state index contributed by atoms with van der Waals surface area (Å²) in [4.78, 5) is 21.1. The Balaban J connectivity index is 1.85. The first-order valence-corrected chi connectivity index (χ1v) is 13.0. The lowest BCUT2D eigenvalue weighted by Gasteiger charge is -2.33. The Hall–Kier alpha value is -1.79. The van der Waals surface area contributed by atoms with Gasteiger partial charge in [0, 0.05) is 10.6 Å². The van der Waals surface area contributed by atoms with Crippen molar-refractivity contribution in [1.82, 2.24) is 9.55 Å². The number of rotatable bonds is 6. The van der Waals surface area contributed by atoms with E-state index in [1.807, 2.05) is 28.8 Å². The molecule has 2 aromatic heterocycles. The first-order valence-electron chi connectivity index (χ1n) is 11.2. The van der Waals surface area contributed by atoms with Gasteiger partial charge in [-0.05, 0) is 66.8 Å². The van der Waals surface area contributed by atoms with Crippen LogP contribution < -0.4 is 10.3 Å². The third-order valence-electron chi connectivity index (χ3n) is 6.34. The molecule has 0 saturated heterocycles. The number of ether oxygens (including phenoxy) is 1. The van der Waals surface area contributed by atoms with Gasteiger partial charge in [0.05, 0.1) is 18.2 Å². The highest BCUT2D eigenvalue weighted by Gasteiger charge is 2.32. The highest BCUT2D eigenvalue weighted by Crippen LogP contribution is 2.42. The third kappa shape index (κ3) is 4.42. The lowest BCUT2D eigenvalue weighted by molar-refractivity contribution is 0.218. The number of thiophene rings is 1. The van der Waals surface area contributed by atoms with Gasteiger partial charge in [-0.1, -0.05) is 45.9 Å². The molecule has 4 nitrogen and oxygen atoms in total. The molecule has 1 aliphatic carbocycles. The molecule has 1 aliphatic rings. The van der Waals surface area contributed by atoms with Crippen molar-refractivity contribution in [2.75, 3.05) is 12.9 Å². The van der Waals surface area contributed by atoms with E-state index in [-0.39, 0.29) is 11.0 Å². The maximum absolute atomic E-state index is 13.8. The quantitative estimate of drug-likeness (QED) is 0.241. The smallest absolute Gasteiger partial charge is 0.267 e. The summed E-state index contributed by atoms with van der Waals surface area (Å²) in [5, 5.41) is 1.63. The average Bonchev–Trinajstić information content (AvgIpc) is 3.11. The minimum absolute atomic E-state index is 0.0703. The number of nitrogens with zero attached hydrogens (tertiary/aromatic N) is 2. The molecule has 0 bridgehead atoms. The number of aromatic nitrogens is 2. The zero-order valence-corrected chi connectivity index (χ0v) is 20.8. The summed E-state index contributed by atoms with van der Waals surface area (Å²) in [5.74, 6) is 2.39. The van der Waals surface area contributed by atoms with E-state index in [4.69, 9.17) is 9.72 Å². The van der Waals surface area contributed by atoms with Crippen LogP contribution in [0.3, 0.4) is 0 Å². The van der Waals surface area contributed by atoms with Crippen molar-refractivity contribution in [3.63, 3.8) is 0 Å². The number of fused-ring (bicyclic) bond motifs is 3. The summed E-state index contributed by atoms with van der Waals surface area (Å²) >= 11 is 3.42. The predicted octanol–water partition coefficient (Wildman–Crippen LogP) is 6.50. The Morgan fingerprint density at radius 2 is 2.00 bits per heavy atom. The van der Waals surface area contributed by atoms with Crippen molar-refractivity contribution >= 4 is 33.3 Å². The molecule has 4 rings (SSSR count). The van der Waals surface area contributed by atoms with Crippen LogP contribution in [0.25, 0.3) is 15.9 Å². The van der Waals surface area contributed by atoms with Crippen LogP contribution in [0.15, 0.2) is 34.2 Å². The largest absolute Gasteiger partial charge is 0.497 e. The molecule has 0 amide bonds. The second-order valence-electron chi connectivity index (χ2n) is 9.42. The second-order valence-corrected chi connectivity index (χ2v) is 11.6. The molecule has 0 aliphatic heterocycles. The summed E-state index contributed by atoms with van der Waals surface area (Å²) in [6.45, 7) is 9.17. The minimum Gasteiger partial charge on any atom is -0.497 e. The molecule has 1 atom stereocenters. The van der Waals surface area contributed by atoms with Gasteiger partial charge in [0.15, 0.2) is 5.16 Å². The Morgan fingerprint density at radius 3 is 2.65 bits per heavy atom. The fraction of sp³-hybridized carbons (Fsp3) is 0.520. The minimum atomic E-state index is 0.0703. The second kappa shape index (κ2) is 8.99. The first kappa shape index (κ1) is 22.4. The molecule has 0 unspecified atom stereocenters. The van der Waals surface area contributed by atoms with Crippen LogP contribution in [-0.4, -0.2) is 22.4 Å². The van der Waals surface area contributed by atoms with Crippen molar-refractivity contribution in [1.29, 1.82) is 0 Å². The summed E-state index contributed by atoms with van der Waals surface area (Å²) in [6, 6.07) is 7.71. The van der Waals surface area contributed by atoms with Gasteiger partial charge in [-0.2, -0.15) is 0 Å². The number of unbranched alkanes of at least 4 members (excludes halogenated alkanes) is 1. The fourth-order valence-electron chi connectivity index (χ4n) is 4.31. The molecule has 0 fully saturated rings. The normalized spacial score (nSPS) is 16.5. The Bertz CT molecular complexity index is 1120.